The standard InChI is InChI=1S/C16H31N3O.HI/c1-5-17-15(18-14-12-16(14,2)3)19(4)9-6-13-7-10-20-11-8-13;/h13-14H,5-12H2,1-4H3,(H,17,18);1H. The maximum Gasteiger partial charge on any atom is 0.193 e. The molecule has 5 heteroatoms. The molecule has 1 aliphatic heterocycles. The molecule has 0 spiro atoms. The number of nitrogens with zero attached hydrogens (tertiary/aromatic N) is 2. The van der Waals surface area contributed by atoms with E-state index in [1.807, 2.05) is 0 Å². The van der Waals surface area contributed by atoms with Gasteiger partial charge in [-0.1, -0.05) is 13.8 Å². The lowest BCUT2D eigenvalue weighted by Gasteiger charge is -2.27. The predicted molar refractivity (Wildman–Crippen MR) is 99.5 cm³/mol. The lowest BCUT2D eigenvalue weighted by atomic mass is 9.96. The van der Waals surface area contributed by atoms with Crippen molar-refractivity contribution in [3.63, 3.8) is 0 Å². The summed E-state index contributed by atoms with van der Waals surface area (Å²) in [7, 11) is 2.16. The molecule has 1 aliphatic carbocycles. The second kappa shape index (κ2) is 8.56. The smallest absolute Gasteiger partial charge is 0.193 e. The van der Waals surface area contributed by atoms with E-state index in [9.17, 15) is 0 Å². The van der Waals surface area contributed by atoms with Gasteiger partial charge in [-0.15, -0.1) is 24.0 Å². The van der Waals surface area contributed by atoms with Gasteiger partial charge in [0.2, 0.25) is 0 Å². The van der Waals surface area contributed by atoms with Gasteiger partial charge in [-0.25, -0.2) is 0 Å². The summed E-state index contributed by atoms with van der Waals surface area (Å²) in [5.41, 5.74) is 0.441. The number of ether oxygens (including phenoxy) is 1. The molecule has 1 saturated carbocycles. The third-order valence-corrected chi connectivity index (χ3v) is 4.70. The van der Waals surface area contributed by atoms with Gasteiger partial charge in [0.1, 0.15) is 0 Å². The molecule has 0 aromatic heterocycles. The molecule has 2 fully saturated rings. The first-order valence-corrected chi connectivity index (χ1v) is 8.13. The third kappa shape index (κ3) is 5.93. The zero-order valence-corrected chi connectivity index (χ0v) is 16.4. The molecular weight excluding hydrogens is 377 g/mol. The second-order valence-corrected chi connectivity index (χ2v) is 6.95. The molecule has 1 unspecified atom stereocenters. The van der Waals surface area contributed by atoms with Crippen LogP contribution in [0.5, 0.6) is 0 Å². The average Bonchev–Trinajstić information content (AvgIpc) is 3.04. The van der Waals surface area contributed by atoms with Gasteiger partial charge in [0.25, 0.3) is 0 Å². The SMILES string of the molecule is CCN=C(NC1CC1(C)C)N(C)CCC1CCOCC1.I. The Morgan fingerprint density at radius 3 is 2.48 bits per heavy atom. The fourth-order valence-corrected chi connectivity index (χ4v) is 2.81. The Bertz CT molecular complexity index is 340. The van der Waals surface area contributed by atoms with Crippen LogP contribution in [0.4, 0.5) is 0 Å². The van der Waals surface area contributed by atoms with Gasteiger partial charge in [-0.05, 0) is 43.9 Å². The molecule has 1 heterocycles. The molecule has 0 bridgehead atoms. The van der Waals surface area contributed by atoms with E-state index < -0.39 is 0 Å². The van der Waals surface area contributed by atoms with Crippen LogP contribution in [-0.4, -0.2) is 50.3 Å². The van der Waals surface area contributed by atoms with Crippen LogP contribution in [0, 0.1) is 11.3 Å². The van der Waals surface area contributed by atoms with Crippen molar-refractivity contribution in [1.29, 1.82) is 0 Å². The third-order valence-electron chi connectivity index (χ3n) is 4.70. The number of halogens is 1. The van der Waals surface area contributed by atoms with Gasteiger partial charge in [0.15, 0.2) is 5.96 Å². The number of aliphatic imine (C=N–C) groups is 1. The molecule has 4 nitrogen and oxygen atoms in total. The largest absolute Gasteiger partial charge is 0.381 e. The fraction of sp³-hybridized carbons (Fsp3) is 0.938. The Kier molecular flexibility index (Phi) is 7.74. The molecule has 1 saturated heterocycles. The number of guanidine groups is 1. The van der Waals surface area contributed by atoms with E-state index in [0.717, 1.165) is 38.2 Å². The molecular formula is C16H32IN3O. The summed E-state index contributed by atoms with van der Waals surface area (Å²) in [6, 6.07) is 0.596. The molecule has 124 valence electrons. The van der Waals surface area contributed by atoms with Crippen LogP contribution < -0.4 is 5.32 Å². The van der Waals surface area contributed by atoms with Gasteiger partial charge in [0, 0.05) is 39.4 Å². The molecule has 2 aliphatic rings. The highest BCUT2D eigenvalue weighted by Crippen LogP contribution is 2.44. The molecule has 0 amide bonds. The number of nitrogens with one attached hydrogen (secondary N) is 1. The maximum absolute atomic E-state index is 5.43. The van der Waals surface area contributed by atoms with E-state index in [0.29, 0.717) is 11.5 Å². The monoisotopic (exact) mass is 409 g/mol. The zero-order chi connectivity index (χ0) is 14.6. The lowest BCUT2D eigenvalue weighted by Crippen LogP contribution is -2.42. The highest BCUT2D eigenvalue weighted by Gasteiger charge is 2.46. The summed E-state index contributed by atoms with van der Waals surface area (Å²) in [6.07, 6.45) is 4.94. The van der Waals surface area contributed by atoms with Crippen molar-refractivity contribution in [2.75, 3.05) is 33.4 Å². The Hall–Kier alpha value is -0.0400. The van der Waals surface area contributed by atoms with E-state index in [-0.39, 0.29) is 24.0 Å². The number of hydrogen-bond donors (Lipinski definition) is 1. The lowest BCUT2D eigenvalue weighted by molar-refractivity contribution is 0.0625. The van der Waals surface area contributed by atoms with Gasteiger partial charge < -0.3 is 15.0 Å². The van der Waals surface area contributed by atoms with Gasteiger partial charge in [0.05, 0.1) is 0 Å². The van der Waals surface area contributed by atoms with Crippen LogP contribution in [0.3, 0.4) is 0 Å². The molecule has 21 heavy (non-hydrogen) atoms. The first-order valence-electron chi connectivity index (χ1n) is 8.13. The molecule has 1 atom stereocenters. The van der Waals surface area contributed by atoms with Crippen molar-refractivity contribution in [2.24, 2.45) is 16.3 Å². The fourth-order valence-electron chi connectivity index (χ4n) is 2.81. The van der Waals surface area contributed by atoms with Crippen LogP contribution in [0.1, 0.15) is 46.5 Å². The summed E-state index contributed by atoms with van der Waals surface area (Å²) in [5, 5.41) is 3.62. The van der Waals surface area contributed by atoms with Gasteiger partial charge >= 0.3 is 0 Å². The highest BCUT2D eigenvalue weighted by molar-refractivity contribution is 14.0. The van der Waals surface area contributed by atoms with Crippen LogP contribution in [0.2, 0.25) is 0 Å². The molecule has 1 N–H and O–H groups in total. The van der Waals surface area contributed by atoms with Crippen LogP contribution in [-0.2, 0) is 4.74 Å². The van der Waals surface area contributed by atoms with E-state index in [1.165, 1.54) is 25.7 Å². The second-order valence-electron chi connectivity index (χ2n) is 6.95. The summed E-state index contributed by atoms with van der Waals surface area (Å²) < 4.78 is 5.43. The highest BCUT2D eigenvalue weighted by atomic mass is 127. The van der Waals surface area contributed by atoms with E-state index >= 15 is 0 Å². The Morgan fingerprint density at radius 2 is 1.95 bits per heavy atom. The Morgan fingerprint density at radius 1 is 1.33 bits per heavy atom. The first kappa shape index (κ1) is 19.0. The minimum absolute atomic E-state index is 0. The molecule has 0 aromatic rings. The van der Waals surface area contributed by atoms with Gasteiger partial charge in [-0.3, -0.25) is 4.99 Å². The van der Waals surface area contributed by atoms with Crippen molar-refractivity contribution < 1.29 is 4.74 Å². The summed E-state index contributed by atoms with van der Waals surface area (Å²) in [6.45, 7) is 10.6. The quantitative estimate of drug-likeness (QED) is 0.431. The molecule has 0 radical (unpaired) electrons. The van der Waals surface area contributed by atoms with Crippen molar-refractivity contribution >= 4 is 29.9 Å². The van der Waals surface area contributed by atoms with Crippen LogP contribution in [0.25, 0.3) is 0 Å². The number of hydrogen-bond acceptors (Lipinski definition) is 2. The van der Waals surface area contributed by atoms with E-state index in [2.05, 4.69) is 43.0 Å². The van der Waals surface area contributed by atoms with Crippen LogP contribution >= 0.6 is 24.0 Å². The minimum atomic E-state index is 0. The van der Waals surface area contributed by atoms with Crippen molar-refractivity contribution in [1.82, 2.24) is 10.2 Å². The van der Waals surface area contributed by atoms with E-state index in [1.54, 1.807) is 0 Å². The minimum Gasteiger partial charge on any atom is -0.381 e. The zero-order valence-electron chi connectivity index (χ0n) is 14.0. The maximum atomic E-state index is 5.43. The predicted octanol–water partition coefficient (Wildman–Crippen LogP) is 3.12. The first-order chi connectivity index (χ1) is 9.53. The Labute approximate surface area is 147 Å². The summed E-state index contributed by atoms with van der Waals surface area (Å²) >= 11 is 0. The molecule has 2 rings (SSSR count). The Balaban J connectivity index is 0.00000220. The average molecular weight is 409 g/mol. The van der Waals surface area contributed by atoms with Crippen molar-refractivity contribution in [2.45, 2.75) is 52.5 Å². The van der Waals surface area contributed by atoms with E-state index in [4.69, 9.17) is 4.74 Å². The van der Waals surface area contributed by atoms with Crippen molar-refractivity contribution in [3.8, 4) is 0 Å². The summed E-state index contributed by atoms with van der Waals surface area (Å²) in [5.74, 6) is 1.90. The number of rotatable bonds is 5. The topological polar surface area (TPSA) is 36.9 Å². The van der Waals surface area contributed by atoms with Gasteiger partial charge in [-0.2, -0.15) is 0 Å². The van der Waals surface area contributed by atoms with Crippen molar-refractivity contribution in [3.05, 3.63) is 0 Å². The summed E-state index contributed by atoms with van der Waals surface area (Å²) in [4.78, 5) is 6.94. The normalized spacial score (nSPS) is 25.1. The van der Waals surface area contributed by atoms with Crippen LogP contribution in [0.15, 0.2) is 4.99 Å². The molecule has 0 aromatic carbocycles.